The van der Waals surface area contributed by atoms with Crippen molar-refractivity contribution in [2.24, 2.45) is 5.10 Å². The van der Waals surface area contributed by atoms with Gasteiger partial charge in [0.15, 0.2) is 23.0 Å². The molecule has 0 aliphatic carbocycles. The Bertz CT molecular complexity index is 997. The van der Waals surface area contributed by atoms with Gasteiger partial charge in [0.1, 0.15) is 0 Å². The molecule has 3 aromatic rings. The number of benzene rings is 2. The zero-order valence-electron chi connectivity index (χ0n) is 14.5. The number of hydrogen-bond donors (Lipinski definition) is 1. The summed E-state index contributed by atoms with van der Waals surface area (Å²) in [6.45, 7) is 3.92. The van der Waals surface area contributed by atoms with Gasteiger partial charge in [-0.2, -0.15) is 9.78 Å². The number of aromatic nitrogens is 3. The van der Waals surface area contributed by atoms with Gasteiger partial charge in [-0.05, 0) is 37.6 Å². The van der Waals surface area contributed by atoms with E-state index in [-0.39, 0.29) is 17.0 Å². The number of phenolic OH excluding ortho intramolecular Hbond substituents is 1. The number of aryl methyl sites for hydroxylation is 1. The molecule has 2 aromatic carbocycles. The van der Waals surface area contributed by atoms with E-state index in [1.165, 1.54) is 17.0 Å². The van der Waals surface area contributed by atoms with Gasteiger partial charge in [-0.15, -0.1) is 10.2 Å². The van der Waals surface area contributed by atoms with Gasteiger partial charge < -0.3 is 9.84 Å². The van der Waals surface area contributed by atoms with E-state index in [0.29, 0.717) is 29.3 Å². The quantitative estimate of drug-likeness (QED) is 0.715. The number of aromatic hydroxyl groups is 1. The summed E-state index contributed by atoms with van der Waals surface area (Å²) in [5.74, 6) is 0.780. The molecule has 0 amide bonds. The van der Waals surface area contributed by atoms with Gasteiger partial charge in [0.25, 0.3) is 0 Å². The zero-order valence-corrected chi connectivity index (χ0v) is 14.5. The van der Waals surface area contributed by atoms with Crippen molar-refractivity contribution in [1.82, 2.24) is 14.9 Å². The number of ether oxygens (including phenoxy) is 1. The Morgan fingerprint density at radius 2 is 1.96 bits per heavy atom. The van der Waals surface area contributed by atoms with Crippen molar-refractivity contribution in [3.8, 4) is 22.8 Å². The molecule has 1 heterocycles. The van der Waals surface area contributed by atoms with Crippen LogP contribution < -0.4 is 10.3 Å². The molecule has 1 aromatic heterocycles. The summed E-state index contributed by atoms with van der Waals surface area (Å²) < 4.78 is 6.55. The van der Waals surface area contributed by atoms with Crippen LogP contribution in [0.2, 0.25) is 0 Å². The third-order valence-electron chi connectivity index (χ3n) is 3.65. The minimum Gasteiger partial charge on any atom is -0.504 e. The average Bonchev–Trinajstić information content (AvgIpc) is 2.65. The van der Waals surface area contributed by atoms with E-state index in [1.54, 1.807) is 31.2 Å². The Labute approximate surface area is 150 Å². The fourth-order valence-electron chi connectivity index (χ4n) is 2.37. The van der Waals surface area contributed by atoms with Gasteiger partial charge in [0, 0.05) is 5.56 Å². The molecule has 132 valence electrons. The van der Waals surface area contributed by atoms with Crippen molar-refractivity contribution in [1.29, 1.82) is 0 Å². The molecule has 0 saturated carbocycles. The third kappa shape index (κ3) is 3.61. The van der Waals surface area contributed by atoms with Crippen molar-refractivity contribution in [3.05, 3.63) is 70.3 Å². The number of rotatable bonds is 5. The van der Waals surface area contributed by atoms with Crippen LogP contribution in [0.3, 0.4) is 0 Å². The maximum Gasteiger partial charge on any atom is 0.301 e. The molecule has 0 fully saturated rings. The SMILES string of the molecule is CCOc1cc(C=Nn2c(C)nnc(-c3ccccc3)c2=O)ccc1O. The van der Waals surface area contributed by atoms with Gasteiger partial charge in [-0.3, -0.25) is 4.79 Å². The molecule has 0 atom stereocenters. The van der Waals surface area contributed by atoms with E-state index in [1.807, 2.05) is 25.1 Å². The van der Waals surface area contributed by atoms with Gasteiger partial charge in [0.05, 0.1) is 12.8 Å². The maximum atomic E-state index is 12.7. The zero-order chi connectivity index (χ0) is 18.5. The molecule has 7 nitrogen and oxygen atoms in total. The summed E-state index contributed by atoms with van der Waals surface area (Å²) in [5.41, 5.74) is 1.23. The van der Waals surface area contributed by atoms with Gasteiger partial charge in [-0.25, -0.2) is 0 Å². The van der Waals surface area contributed by atoms with Crippen LogP contribution in [0.4, 0.5) is 0 Å². The van der Waals surface area contributed by atoms with Crippen LogP contribution in [-0.2, 0) is 0 Å². The monoisotopic (exact) mass is 350 g/mol. The van der Waals surface area contributed by atoms with Crippen LogP contribution in [0, 0.1) is 6.92 Å². The summed E-state index contributed by atoms with van der Waals surface area (Å²) in [6.07, 6.45) is 1.51. The van der Waals surface area contributed by atoms with Crippen LogP contribution in [0.5, 0.6) is 11.5 Å². The summed E-state index contributed by atoms with van der Waals surface area (Å²) in [4.78, 5) is 12.7. The molecular formula is C19H18N4O3. The first-order chi connectivity index (χ1) is 12.6. The van der Waals surface area contributed by atoms with E-state index >= 15 is 0 Å². The average molecular weight is 350 g/mol. The van der Waals surface area contributed by atoms with E-state index in [9.17, 15) is 9.90 Å². The summed E-state index contributed by atoms with van der Waals surface area (Å²) in [5, 5.41) is 22.0. The lowest BCUT2D eigenvalue weighted by molar-refractivity contribution is 0.318. The molecule has 0 bridgehead atoms. The highest BCUT2D eigenvalue weighted by Crippen LogP contribution is 2.26. The molecule has 7 heteroatoms. The Hall–Kier alpha value is -3.48. The highest BCUT2D eigenvalue weighted by atomic mass is 16.5. The molecule has 0 unspecified atom stereocenters. The number of nitrogens with zero attached hydrogens (tertiary/aromatic N) is 4. The number of phenols is 1. The summed E-state index contributed by atoms with van der Waals surface area (Å²) in [7, 11) is 0. The van der Waals surface area contributed by atoms with Crippen molar-refractivity contribution in [2.45, 2.75) is 13.8 Å². The Kier molecular flexibility index (Phi) is 5.07. The minimum absolute atomic E-state index is 0.0503. The first kappa shape index (κ1) is 17.3. The second-order valence-corrected chi connectivity index (χ2v) is 5.48. The smallest absolute Gasteiger partial charge is 0.301 e. The van der Waals surface area contributed by atoms with E-state index in [4.69, 9.17) is 4.74 Å². The molecular weight excluding hydrogens is 332 g/mol. The van der Waals surface area contributed by atoms with E-state index in [0.717, 1.165) is 0 Å². The second kappa shape index (κ2) is 7.60. The summed E-state index contributed by atoms with van der Waals surface area (Å²) in [6, 6.07) is 14.0. The normalized spacial score (nSPS) is 11.0. The Balaban J connectivity index is 1.99. The summed E-state index contributed by atoms with van der Waals surface area (Å²) >= 11 is 0. The second-order valence-electron chi connectivity index (χ2n) is 5.48. The fraction of sp³-hybridized carbons (Fsp3) is 0.158. The van der Waals surface area contributed by atoms with Crippen LogP contribution in [0.15, 0.2) is 58.4 Å². The van der Waals surface area contributed by atoms with Gasteiger partial charge in [0.2, 0.25) is 0 Å². The van der Waals surface area contributed by atoms with Crippen molar-refractivity contribution in [3.63, 3.8) is 0 Å². The minimum atomic E-state index is -0.358. The predicted molar refractivity (Wildman–Crippen MR) is 98.7 cm³/mol. The lowest BCUT2D eigenvalue weighted by Gasteiger charge is -2.07. The van der Waals surface area contributed by atoms with Crippen LogP contribution in [0.25, 0.3) is 11.3 Å². The third-order valence-corrected chi connectivity index (χ3v) is 3.65. The molecule has 0 aliphatic heterocycles. The van der Waals surface area contributed by atoms with Crippen LogP contribution >= 0.6 is 0 Å². The maximum absolute atomic E-state index is 12.7. The topological polar surface area (TPSA) is 89.6 Å². The predicted octanol–water partition coefficient (Wildman–Crippen LogP) is 2.60. The van der Waals surface area contributed by atoms with Crippen LogP contribution in [-0.4, -0.2) is 32.8 Å². The molecule has 0 saturated heterocycles. The Morgan fingerprint density at radius 3 is 2.69 bits per heavy atom. The molecule has 0 aliphatic rings. The Morgan fingerprint density at radius 1 is 1.19 bits per heavy atom. The van der Waals surface area contributed by atoms with Crippen LogP contribution in [0.1, 0.15) is 18.3 Å². The largest absolute Gasteiger partial charge is 0.504 e. The first-order valence-corrected chi connectivity index (χ1v) is 8.12. The molecule has 26 heavy (non-hydrogen) atoms. The lowest BCUT2D eigenvalue weighted by Crippen LogP contribution is -2.23. The molecule has 0 radical (unpaired) electrons. The number of hydrogen-bond acceptors (Lipinski definition) is 6. The van der Waals surface area contributed by atoms with Gasteiger partial charge >= 0.3 is 5.56 Å². The standard InChI is InChI=1S/C19H18N4O3/c1-3-26-17-11-14(9-10-16(17)24)12-20-23-13(2)21-22-18(19(23)25)15-7-5-4-6-8-15/h4-12,24H,3H2,1-2H3. The molecule has 3 rings (SSSR count). The van der Waals surface area contributed by atoms with Crippen molar-refractivity contribution < 1.29 is 9.84 Å². The van der Waals surface area contributed by atoms with Crippen molar-refractivity contribution in [2.75, 3.05) is 6.61 Å². The van der Waals surface area contributed by atoms with Gasteiger partial charge in [-0.1, -0.05) is 30.3 Å². The highest BCUT2D eigenvalue weighted by Gasteiger charge is 2.10. The van der Waals surface area contributed by atoms with Crippen molar-refractivity contribution >= 4 is 6.21 Å². The van der Waals surface area contributed by atoms with E-state index in [2.05, 4.69) is 15.3 Å². The highest BCUT2D eigenvalue weighted by molar-refractivity contribution is 5.80. The lowest BCUT2D eigenvalue weighted by atomic mass is 10.2. The van der Waals surface area contributed by atoms with E-state index < -0.39 is 0 Å². The fourth-order valence-corrected chi connectivity index (χ4v) is 2.37. The first-order valence-electron chi connectivity index (χ1n) is 8.12. The molecule has 0 spiro atoms. The molecule has 1 N–H and O–H groups in total.